The number of carbonyl (C=O) groups is 6. The van der Waals surface area contributed by atoms with Gasteiger partial charge in [-0.05, 0) is 291 Å². The average Bonchev–Trinajstić information content (AvgIpc) is 1.46. The highest BCUT2D eigenvalue weighted by Crippen LogP contribution is 2.44. The first-order valence-electron chi connectivity index (χ1n) is 50.3. The summed E-state index contributed by atoms with van der Waals surface area (Å²) in [5.41, 5.74) is 18.8. The molecular formula is C109H153ClN8O20. The molecule has 6 aromatic rings. The zero-order valence-corrected chi connectivity index (χ0v) is 83.6. The number of halogens is 1. The second-order valence-corrected chi connectivity index (χ2v) is 41.2. The fourth-order valence-corrected chi connectivity index (χ4v) is 23.6. The van der Waals surface area contributed by atoms with Crippen LogP contribution >= 0.6 is 11.6 Å². The molecule has 0 saturated carbocycles. The number of rotatable bonds is 29. The Balaban J connectivity index is 0.000000140. The fraction of sp³-hybridized carbons (Fsp3) is 0.615. The summed E-state index contributed by atoms with van der Waals surface area (Å²) >= 11 is 5.94. The Morgan fingerprint density at radius 3 is 0.870 bits per heavy atom. The van der Waals surface area contributed by atoms with Gasteiger partial charge in [-0.3, -0.25) is 28.8 Å². The van der Waals surface area contributed by atoms with E-state index in [9.17, 15) is 49.2 Å². The molecule has 6 aromatic carbocycles. The summed E-state index contributed by atoms with van der Waals surface area (Å²) in [5.74, 6) is -3.12. The van der Waals surface area contributed by atoms with Crippen LogP contribution in [0.4, 0.5) is 0 Å². The zero-order chi connectivity index (χ0) is 98.6. The van der Waals surface area contributed by atoms with Gasteiger partial charge in [-0.1, -0.05) is 126 Å². The van der Waals surface area contributed by atoms with Gasteiger partial charge in [0, 0.05) is 97.7 Å². The van der Waals surface area contributed by atoms with Crippen LogP contribution in [0, 0.1) is 6.92 Å². The molecule has 0 spiro atoms. The first-order chi connectivity index (χ1) is 66.5. The van der Waals surface area contributed by atoms with Crippen LogP contribution in [0.1, 0.15) is 241 Å². The summed E-state index contributed by atoms with van der Waals surface area (Å²) < 4.78 is 50.0. The quantitative estimate of drug-likeness (QED) is 0.0169. The van der Waals surface area contributed by atoms with E-state index in [-0.39, 0.29) is 124 Å². The van der Waals surface area contributed by atoms with Crippen molar-refractivity contribution in [3.63, 3.8) is 0 Å². The molecule has 138 heavy (non-hydrogen) atoms. The second-order valence-electron chi connectivity index (χ2n) is 40.8. The lowest BCUT2D eigenvalue weighted by molar-refractivity contribution is -0.159. The van der Waals surface area contributed by atoms with Crippen molar-refractivity contribution in [2.75, 3.05) is 103 Å². The van der Waals surface area contributed by atoms with Crippen LogP contribution in [0.15, 0.2) is 146 Å². The number of esters is 6. The number of benzene rings is 6. The van der Waals surface area contributed by atoms with Crippen LogP contribution in [-0.2, 0) is 80.6 Å². The highest BCUT2D eigenvalue weighted by molar-refractivity contribution is 6.30. The molecular weight excluding hydrogens is 1780 g/mol. The maximum atomic E-state index is 12.8. The molecule has 0 aromatic heterocycles. The van der Waals surface area contributed by atoms with Crippen LogP contribution in [0.5, 0.6) is 11.5 Å². The number of aryl methyl sites for hydroxylation is 1. The van der Waals surface area contributed by atoms with Crippen LogP contribution < -0.4 is 20.9 Å². The predicted octanol–water partition coefficient (Wildman–Crippen LogP) is 12.3. The van der Waals surface area contributed by atoms with Crippen molar-refractivity contribution in [1.29, 1.82) is 0 Å². The third kappa shape index (κ3) is 26.9. The van der Waals surface area contributed by atoms with E-state index < -0.39 is 29.1 Å². The maximum absolute atomic E-state index is 12.8. The first-order valence-corrected chi connectivity index (χ1v) is 50.6. The number of aliphatic hydroxyl groups excluding tert-OH is 5. The topological polar surface area (TPSA) is 358 Å². The minimum atomic E-state index is -0.826. The van der Waals surface area contributed by atoms with E-state index in [1.807, 2.05) is 74.5 Å². The number of nitrogens with two attached hydrogens (primary N) is 2. The van der Waals surface area contributed by atoms with Gasteiger partial charge in [0.25, 0.3) is 0 Å². The van der Waals surface area contributed by atoms with Crippen LogP contribution in [0.2, 0.25) is 5.02 Å². The first kappa shape index (κ1) is 107. The number of hydrogen-bond acceptors (Lipinski definition) is 28. The number of ether oxygens (including phenoxy) is 9. The van der Waals surface area contributed by atoms with Gasteiger partial charge in [-0.15, -0.1) is 0 Å². The Bertz CT molecular complexity index is 4550. The molecule has 12 aliphatic heterocycles. The smallest absolute Gasteiger partial charge is 0.317 e. The Hall–Kier alpha value is -8.53. The minimum Gasteiger partial charge on any atom is -0.497 e. The van der Waals surface area contributed by atoms with Gasteiger partial charge in [0.2, 0.25) is 0 Å². The van der Waals surface area contributed by atoms with Crippen molar-refractivity contribution in [2.24, 2.45) is 11.5 Å². The lowest BCUT2D eigenvalue weighted by Gasteiger charge is -2.37. The van der Waals surface area contributed by atoms with Crippen LogP contribution in [0.3, 0.4) is 0 Å². The summed E-state index contributed by atoms with van der Waals surface area (Å²) in [6, 6.07) is 50.8. The number of carbonyl (C=O) groups excluding carboxylic acids is 6. The normalized spacial score (nSPS) is 28.7. The second kappa shape index (κ2) is 50.4. The van der Waals surface area contributed by atoms with E-state index in [0.29, 0.717) is 84.1 Å². The number of hydrogen-bond donors (Lipinski definition) is 7. The van der Waals surface area contributed by atoms with Gasteiger partial charge < -0.3 is 109 Å². The van der Waals surface area contributed by atoms with E-state index >= 15 is 0 Å². The molecule has 28 nitrogen and oxygen atoms in total. The standard InChI is InChI=1S/C19H28N2O3.C18H25ClN2O2.3C18H25NO4.C18H25NO3/c1-21-15-7-8-16(21)10-17(9-15)24-19(22)18(11-20)14-5-3-13(4-6-14)12-23-2;1-18(11-20,12-3-5-13(19)6-4-12)17(22)23-16-9-14-7-8-15(10-16)21(14)2;2*1-19-13-5-6-14(19)10-16(9-13)23-18(21)17(11-20)12-3-7-15(22-2)8-4-12;1-19-14-6-7-15(19)9-16(8-14)23-18(22)17(11-21)13-4-2-12(10-20)3-5-13;1-12-4-3-5-13(8-12)17(11-20)18(21)22-16-9-14-6-7-15(10-16)19(14)2/h3-6,15-18H,7-12,20H2,1-2H3;3-6,14-16H,7-11,20H2,1-2H3;2*3-4,7-8,13-14,16-17,20H,5-6,9-11H2,1-2H3;2-5,14-17,20-21H,6-11H2,1H3;3-5,8,14-17,20H,6-7,9-11H2,1-2H3/t;14?,15?,16?,18-;13?,14?,16?,17-;;;14?,15?,16?,17-/m.01..0/s1. The molecule has 9 N–H and O–H groups in total. The molecule has 12 heterocycles. The monoisotopic (exact) mass is 1930 g/mol. The number of methoxy groups -OCH3 is 3. The molecule has 29 heteroatoms. The Kier molecular flexibility index (Phi) is 39.0. The van der Waals surface area contributed by atoms with Crippen molar-refractivity contribution in [1.82, 2.24) is 29.4 Å². The summed E-state index contributed by atoms with van der Waals surface area (Å²) in [7, 11) is 17.9. The van der Waals surface area contributed by atoms with Crippen molar-refractivity contribution in [3.8, 4) is 11.5 Å². The number of piperidine rings is 6. The molecule has 0 radical (unpaired) electrons. The van der Waals surface area contributed by atoms with Gasteiger partial charge in [0.05, 0.1) is 59.8 Å². The third-order valence-electron chi connectivity index (χ3n) is 32.5. The van der Waals surface area contributed by atoms with Gasteiger partial charge in [-0.2, -0.15) is 0 Å². The Morgan fingerprint density at radius 1 is 0.355 bits per heavy atom. The molecule has 756 valence electrons. The molecule has 0 amide bonds. The van der Waals surface area contributed by atoms with Gasteiger partial charge in [0.1, 0.15) is 77.2 Å². The van der Waals surface area contributed by atoms with Crippen molar-refractivity contribution in [3.05, 3.63) is 201 Å². The molecule has 12 saturated heterocycles. The summed E-state index contributed by atoms with van der Waals surface area (Å²) in [6.45, 7) is 3.88. The van der Waals surface area contributed by atoms with Crippen molar-refractivity contribution >= 4 is 47.4 Å². The fourth-order valence-electron chi connectivity index (χ4n) is 23.5. The number of nitrogens with zero attached hydrogens (tertiary/aromatic N) is 6. The highest BCUT2D eigenvalue weighted by atomic mass is 35.5. The van der Waals surface area contributed by atoms with Crippen molar-refractivity contribution in [2.45, 2.75) is 325 Å². The molecule has 18 rings (SSSR count). The predicted molar refractivity (Wildman–Crippen MR) is 528 cm³/mol. The third-order valence-corrected chi connectivity index (χ3v) is 32.7. The van der Waals surface area contributed by atoms with E-state index in [1.54, 1.807) is 106 Å². The SMILES string of the molecule is CN1C2CCC1CC(OC(=O)C(CO)c1ccc(CO)cc1)C2.CN1C2CCC1CC(OC(=O)[C@@](C)(CN)c1ccc(Cl)cc1)C2.COCc1ccc(C(CN)C(=O)OC2CC3CCC(C2)N3C)cc1.COc1ccc(C(CO)C(=O)OC2CC3CCC(C2)N3C)cc1.COc1ccc([C@@H](CO)C(=O)OC2CC3CCC(C2)N3C)cc1.Cc1cccc([C@H](CO)C(=O)OC2CC3CCC(C2)N3C)c1. The van der Waals surface area contributed by atoms with E-state index in [2.05, 4.69) is 71.7 Å². The summed E-state index contributed by atoms with van der Waals surface area (Å²) in [6.07, 6.45) is 25.3. The van der Waals surface area contributed by atoms with E-state index in [4.69, 9.17) is 70.8 Å². The molecule has 12 fully saturated rings. The van der Waals surface area contributed by atoms with Crippen LogP contribution in [-0.4, -0.2) is 303 Å². The van der Waals surface area contributed by atoms with Crippen molar-refractivity contribution < 1.29 is 96.9 Å². The Morgan fingerprint density at radius 2 is 0.616 bits per heavy atom. The van der Waals surface area contributed by atoms with Crippen LogP contribution in [0.25, 0.3) is 0 Å². The lowest BCUT2D eigenvalue weighted by atomic mass is 9.82. The van der Waals surface area contributed by atoms with Gasteiger partial charge in [0.15, 0.2) is 0 Å². The highest BCUT2D eigenvalue weighted by Gasteiger charge is 2.48. The molecule has 12 aliphatic rings. The summed E-state index contributed by atoms with van der Waals surface area (Å²) in [5, 5.41) is 48.2. The zero-order valence-electron chi connectivity index (χ0n) is 82.8. The molecule has 12 bridgehead atoms. The molecule has 18 atom stereocenters. The van der Waals surface area contributed by atoms with E-state index in [0.717, 1.165) is 139 Å². The number of fused-ring (bicyclic) bond motifs is 12. The minimum absolute atomic E-state index is 0.0000548. The summed E-state index contributed by atoms with van der Waals surface area (Å²) in [4.78, 5) is 89.9. The number of aliphatic hydroxyl groups is 5. The van der Waals surface area contributed by atoms with Gasteiger partial charge in [-0.25, -0.2) is 0 Å². The lowest BCUT2D eigenvalue weighted by Crippen LogP contribution is -2.47. The molecule has 0 aliphatic carbocycles. The average molecular weight is 1930 g/mol. The molecule has 15 unspecified atom stereocenters. The van der Waals surface area contributed by atoms with Gasteiger partial charge >= 0.3 is 35.8 Å². The van der Waals surface area contributed by atoms with E-state index in [1.165, 1.54) is 77.0 Å². The Labute approximate surface area is 821 Å². The largest absolute Gasteiger partial charge is 0.497 e. The maximum Gasteiger partial charge on any atom is 0.317 e.